The number of pyridine rings is 1. The molecule has 3 heterocycles. The number of fused-ring (bicyclic) bond motifs is 1. The Balaban J connectivity index is 1.69. The molecule has 0 saturated carbocycles. The van der Waals surface area contributed by atoms with Crippen LogP contribution >= 0.6 is 11.6 Å². The molecule has 0 unspecified atom stereocenters. The minimum atomic E-state index is -0.227. The molecule has 1 aliphatic heterocycles. The smallest absolute Gasteiger partial charge is 0.255 e. The topological polar surface area (TPSA) is 99.7 Å². The van der Waals surface area contributed by atoms with Crippen molar-refractivity contribution in [2.24, 2.45) is 0 Å². The van der Waals surface area contributed by atoms with Crippen molar-refractivity contribution in [1.29, 1.82) is 0 Å². The van der Waals surface area contributed by atoms with Crippen LogP contribution in [-0.2, 0) is 13.0 Å². The lowest BCUT2D eigenvalue weighted by molar-refractivity contribution is 0.0734. The fraction of sp³-hybridized carbons (Fsp3) is 0.167. The average Bonchev–Trinajstić information content (AvgIpc) is 3.08. The van der Waals surface area contributed by atoms with Crippen LogP contribution in [0.15, 0.2) is 41.2 Å². The van der Waals surface area contributed by atoms with E-state index in [1.165, 1.54) is 12.3 Å². The van der Waals surface area contributed by atoms with Gasteiger partial charge in [-0.1, -0.05) is 16.8 Å². The van der Waals surface area contributed by atoms with Crippen LogP contribution in [0.4, 0.5) is 0 Å². The molecule has 0 spiro atoms. The predicted octanol–water partition coefficient (Wildman–Crippen LogP) is 3.00. The van der Waals surface area contributed by atoms with Gasteiger partial charge < -0.3 is 19.6 Å². The Morgan fingerprint density at radius 3 is 2.88 bits per heavy atom. The van der Waals surface area contributed by atoms with E-state index in [1.54, 1.807) is 23.2 Å². The van der Waals surface area contributed by atoms with Crippen molar-refractivity contribution in [2.45, 2.75) is 13.0 Å². The third-order valence-corrected chi connectivity index (χ3v) is 4.65. The maximum absolute atomic E-state index is 12.7. The average molecular weight is 372 g/mol. The summed E-state index contributed by atoms with van der Waals surface area (Å²) in [6.07, 6.45) is 3.68. The molecular weight excluding hydrogens is 358 g/mol. The molecule has 0 atom stereocenters. The summed E-state index contributed by atoms with van der Waals surface area (Å²) in [6.45, 7) is 0.800. The number of hydrogen-bond donors (Lipinski definition) is 2. The molecule has 1 amide bonds. The minimum Gasteiger partial charge on any atom is -0.507 e. The quantitative estimate of drug-likeness (QED) is 0.718. The molecule has 0 bridgehead atoms. The van der Waals surface area contributed by atoms with Gasteiger partial charge in [0, 0.05) is 37.0 Å². The van der Waals surface area contributed by atoms with Crippen LogP contribution < -0.4 is 0 Å². The van der Waals surface area contributed by atoms with Gasteiger partial charge in [0.25, 0.3) is 5.91 Å². The maximum atomic E-state index is 12.7. The first kappa shape index (κ1) is 16.4. The molecule has 3 aromatic rings. The van der Waals surface area contributed by atoms with E-state index in [2.05, 4.69) is 10.1 Å². The van der Waals surface area contributed by atoms with E-state index in [1.807, 2.05) is 0 Å². The summed E-state index contributed by atoms with van der Waals surface area (Å²) in [6, 6.07) is 5.98. The van der Waals surface area contributed by atoms with Crippen molar-refractivity contribution in [3.05, 3.63) is 58.5 Å². The van der Waals surface area contributed by atoms with Gasteiger partial charge in [-0.2, -0.15) is 0 Å². The number of benzene rings is 1. The maximum Gasteiger partial charge on any atom is 0.255 e. The number of carbonyl (C=O) groups excluding carboxylic acids is 1. The van der Waals surface area contributed by atoms with E-state index in [4.69, 9.17) is 16.1 Å². The van der Waals surface area contributed by atoms with E-state index in [0.29, 0.717) is 42.0 Å². The number of phenols is 2. The third kappa shape index (κ3) is 2.76. The lowest BCUT2D eigenvalue weighted by Crippen LogP contribution is -2.36. The Kier molecular flexibility index (Phi) is 4.00. The van der Waals surface area contributed by atoms with Gasteiger partial charge >= 0.3 is 0 Å². The summed E-state index contributed by atoms with van der Waals surface area (Å²) in [5.41, 5.74) is 2.27. The van der Waals surface area contributed by atoms with Crippen LogP contribution in [-0.4, -0.2) is 37.7 Å². The fourth-order valence-electron chi connectivity index (χ4n) is 3.00. The molecule has 1 aromatic carbocycles. The summed E-state index contributed by atoms with van der Waals surface area (Å²) in [5, 5.41) is 23.9. The van der Waals surface area contributed by atoms with Gasteiger partial charge in [0.2, 0.25) is 0 Å². The summed E-state index contributed by atoms with van der Waals surface area (Å²) in [5.74, 6) is -0.205. The van der Waals surface area contributed by atoms with Crippen molar-refractivity contribution in [1.82, 2.24) is 15.0 Å². The second-order valence-electron chi connectivity index (χ2n) is 5.98. The number of nitrogens with zero attached hydrogens (tertiary/aromatic N) is 3. The van der Waals surface area contributed by atoms with Gasteiger partial charge in [-0.05, 0) is 18.2 Å². The van der Waals surface area contributed by atoms with Crippen LogP contribution in [0.25, 0.3) is 11.3 Å². The first-order valence-corrected chi connectivity index (χ1v) is 8.31. The monoisotopic (exact) mass is 371 g/mol. The van der Waals surface area contributed by atoms with Gasteiger partial charge in [-0.15, -0.1) is 0 Å². The van der Waals surface area contributed by atoms with Gasteiger partial charge in [0.15, 0.2) is 5.76 Å². The van der Waals surface area contributed by atoms with Crippen molar-refractivity contribution < 1.29 is 19.5 Å². The normalized spacial score (nSPS) is 13.5. The number of halogens is 1. The zero-order valence-electron chi connectivity index (χ0n) is 13.5. The van der Waals surface area contributed by atoms with E-state index in [0.717, 1.165) is 11.8 Å². The highest BCUT2D eigenvalue weighted by molar-refractivity contribution is 6.32. The highest BCUT2D eigenvalue weighted by atomic mass is 35.5. The van der Waals surface area contributed by atoms with Gasteiger partial charge in [-0.3, -0.25) is 9.78 Å². The molecule has 1 aliphatic rings. The Morgan fingerprint density at radius 2 is 2.12 bits per heavy atom. The third-order valence-electron chi connectivity index (χ3n) is 4.34. The molecule has 2 aromatic heterocycles. The Labute approximate surface area is 153 Å². The van der Waals surface area contributed by atoms with Gasteiger partial charge in [-0.25, -0.2) is 0 Å². The minimum absolute atomic E-state index is 0.0852. The Hall–Kier alpha value is -3.06. The number of amides is 1. The molecule has 26 heavy (non-hydrogen) atoms. The summed E-state index contributed by atoms with van der Waals surface area (Å²) >= 11 is 5.95. The molecule has 2 N–H and O–H groups in total. The van der Waals surface area contributed by atoms with Crippen molar-refractivity contribution >= 4 is 17.5 Å². The number of carbonyl (C=O) groups is 1. The van der Waals surface area contributed by atoms with Crippen LogP contribution in [0, 0.1) is 0 Å². The van der Waals surface area contributed by atoms with Crippen molar-refractivity contribution in [3.63, 3.8) is 0 Å². The lowest BCUT2D eigenvalue weighted by atomic mass is 10.0. The summed E-state index contributed by atoms with van der Waals surface area (Å²) < 4.78 is 5.41. The van der Waals surface area contributed by atoms with Crippen LogP contribution in [0.2, 0.25) is 5.02 Å². The number of phenolic OH excluding ortho intramolecular Hbond substituents is 2. The molecule has 0 radical (unpaired) electrons. The largest absolute Gasteiger partial charge is 0.507 e. The van der Waals surface area contributed by atoms with Crippen LogP contribution in [0.5, 0.6) is 11.5 Å². The standard InChI is InChI=1S/C18H14ClN3O4/c19-13-6-11(15(23)7-16(13)24)17-12-9-22(5-3-14(12)21-26-17)18(25)10-2-1-4-20-8-10/h1-2,4,6-8,23-24H,3,5,9H2. The number of aromatic hydroxyl groups is 2. The molecule has 132 valence electrons. The first-order valence-electron chi connectivity index (χ1n) is 7.93. The number of rotatable bonds is 2. The lowest BCUT2D eigenvalue weighted by Gasteiger charge is -2.26. The van der Waals surface area contributed by atoms with Crippen molar-refractivity contribution in [2.75, 3.05) is 6.54 Å². The molecule has 8 heteroatoms. The zero-order chi connectivity index (χ0) is 18.3. The Bertz CT molecular complexity index is 988. The number of hydrogen-bond acceptors (Lipinski definition) is 6. The first-order chi connectivity index (χ1) is 12.5. The SMILES string of the molecule is O=C(c1cccnc1)N1CCc2noc(-c3cc(Cl)c(O)cc3O)c2C1. The van der Waals surface area contributed by atoms with E-state index in [9.17, 15) is 15.0 Å². The predicted molar refractivity (Wildman–Crippen MR) is 93.0 cm³/mol. The van der Waals surface area contributed by atoms with Gasteiger partial charge in [0.05, 0.1) is 28.4 Å². The molecule has 4 rings (SSSR count). The van der Waals surface area contributed by atoms with Crippen LogP contribution in [0.3, 0.4) is 0 Å². The summed E-state index contributed by atoms with van der Waals surface area (Å²) in [4.78, 5) is 18.3. The van der Waals surface area contributed by atoms with E-state index < -0.39 is 0 Å². The molecule has 7 nitrogen and oxygen atoms in total. The van der Waals surface area contributed by atoms with E-state index in [-0.39, 0.29) is 22.4 Å². The highest BCUT2D eigenvalue weighted by Crippen LogP contribution is 2.40. The molecule has 0 fully saturated rings. The highest BCUT2D eigenvalue weighted by Gasteiger charge is 2.29. The zero-order valence-corrected chi connectivity index (χ0v) is 14.3. The molecule has 0 saturated heterocycles. The van der Waals surface area contributed by atoms with Crippen molar-refractivity contribution in [3.8, 4) is 22.8 Å². The van der Waals surface area contributed by atoms with Gasteiger partial charge in [0.1, 0.15) is 11.5 Å². The Morgan fingerprint density at radius 1 is 1.27 bits per heavy atom. The fourth-order valence-corrected chi connectivity index (χ4v) is 3.17. The molecule has 0 aliphatic carbocycles. The summed E-state index contributed by atoms with van der Waals surface area (Å²) in [7, 11) is 0. The second kappa shape index (κ2) is 6.34. The second-order valence-corrected chi connectivity index (χ2v) is 6.38. The molecular formula is C18H14ClN3O4. The van der Waals surface area contributed by atoms with E-state index >= 15 is 0 Å². The van der Waals surface area contributed by atoms with Crippen LogP contribution in [0.1, 0.15) is 21.6 Å². The number of aromatic nitrogens is 2.